The van der Waals surface area contributed by atoms with E-state index in [0.29, 0.717) is 0 Å². The van der Waals surface area contributed by atoms with Gasteiger partial charge in [-0.2, -0.15) is 0 Å². The van der Waals surface area contributed by atoms with E-state index >= 15 is 0 Å². The monoisotopic (exact) mass is 120 g/mol. The van der Waals surface area contributed by atoms with Crippen LogP contribution in [0.25, 0.3) is 0 Å². The van der Waals surface area contributed by atoms with Crippen molar-refractivity contribution in [1.82, 2.24) is 0 Å². The third-order valence-electron chi connectivity index (χ3n) is 0.735. The lowest BCUT2D eigenvalue weighted by atomic mass is 10.6. The van der Waals surface area contributed by atoms with Crippen molar-refractivity contribution in [2.75, 3.05) is 0 Å². The first-order valence-corrected chi connectivity index (χ1v) is 2.33. The van der Waals surface area contributed by atoms with E-state index in [0.717, 1.165) is 0 Å². The molecule has 0 rings (SSSR count). The molecule has 0 saturated carbocycles. The summed E-state index contributed by atoms with van der Waals surface area (Å²) < 4.78 is 0. The standard InChI is InChI=1S/C5H8O3/c1-3(2)4(6)5(7)8/h3H,1-2H3,(H,7,8)/i1+1,2+1,4+1,5+1. The van der Waals surface area contributed by atoms with Crippen LogP contribution in [0.1, 0.15) is 13.8 Å². The molecule has 46 valence electrons. The Morgan fingerprint density at radius 2 is 1.75 bits per heavy atom. The van der Waals surface area contributed by atoms with Gasteiger partial charge in [-0.3, -0.25) is 4.79 Å². The van der Waals surface area contributed by atoms with Crippen LogP contribution < -0.4 is 0 Å². The molecule has 0 atom stereocenters. The maximum absolute atomic E-state index is 10.2. The lowest BCUT2D eigenvalue weighted by molar-refractivity contribution is -0.150. The van der Waals surface area contributed by atoms with Gasteiger partial charge in [0, 0.05) is 5.92 Å². The predicted molar refractivity (Wildman–Crippen MR) is 27.5 cm³/mol. The molecule has 3 heteroatoms. The van der Waals surface area contributed by atoms with E-state index in [1.807, 2.05) is 0 Å². The molecule has 0 amide bonds. The minimum absolute atomic E-state index is 0.396. The van der Waals surface area contributed by atoms with E-state index in [2.05, 4.69) is 0 Å². The highest BCUT2D eigenvalue weighted by Gasteiger charge is 2.14. The molecule has 0 spiro atoms. The van der Waals surface area contributed by atoms with Crippen LogP contribution in [0.3, 0.4) is 0 Å². The van der Waals surface area contributed by atoms with Crippen LogP contribution >= 0.6 is 0 Å². The normalized spacial score (nSPS) is 9.38. The summed E-state index contributed by atoms with van der Waals surface area (Å²) in [6, 6.07) is 0. The molecular weight excluding hydrogens is 112 g/mol. The van der Waals surface area contributed by atoms with Gasteiger partial charge < -0.3 is 5.11 Å². The number of aliphatic carboxylic acids is 1. The van der Waals surface area contributed by atoms with Crippen molar-refractivity contribution in [3.05, 3.63) is 0 Å². The highest BCUT2D eigenvalue weighted by Crippen LogP contribution is 1.92. The minimum Gasteiger partial charge on any atom is -0.475 e. The van der Waals surface area contributed by atoms with Crippen molar-refractivity contribution in [3.63, 3.8) is 0 Å². The first kappa shape index (κ1) is 7.14. The molecule has 0 aliphatic carbocycles. The number of hydrogen-bond acceptors (Lipinski definition) is 2. The van der Waals surface area contributed by atoms with Crippen molar-refractivity contribution in [2.45, 2.75) is 13.8 Å². The molecule has 0 unspecified atom stereocenters. The smallest absolute Gasteiger partial charge is 0.372 e. The number of rotatable bonds is 2. The second kappa shape index (κ2) is 2.45. The Bertz CT molecular complexity index is 115. The number of carbonyl (C=O) groups excluding carboxylic acids is 1. The Kier molecular flexibility index (Phi) is 2.19. The number of carboxylic acid groups (broad SMARTS) is 1. The molecule has 0 saturated heterocycles. The van der Waals surface area contributed by atoms with Gasteiger partial charge in [0.1, 0.15) is 0 Å². The summed E-state index contributed by atoms with van der Waals surface area (Å²) in [4.78, 5) is 20.0. The maximum atomic E-state index is 10.2. The first-order chi connectivity index (χ1) is 3.55. The van der Waals surface area contributed by atoms with Crippen molar-refractivity contribution >= 4 is 11.8 Å². The van der Waals surface area contributed by atoms with E-state index < -0.39 is 17.7 Å². The van der Waals surface area contributed by atoms with Crippen LogP contribution in [0.5, 0.6) is 0 Å². The summed E-state index contributed by atoms with van der Waals surface area (Å²) in [5, 5.41) is 8.00. The SMILES string of the molecule is [13CH3]C([13CH3])[13C](=O)[13C](=O)O. The van der Waals surface area contributed by atoms with Crippen LogP contribution in [-0.4, -0.2) is 16.9 Å². The molecule has 0 aromatic carbocycles. The van der Waals surface area contributed by atoms with E-state index in [-0.39, 0.29) is 0 Å². The fourth-order valence-electron chi connectivity index (χ4n) is 0.247. The van der Waals surface area contributed by atoms with Gasteiger partial charge in [0.15, 0.2) is 0 Å². The molecule has 0 aliphatic heterocycles. The maximum Gasteiger partial charge on any atom is 0.372 e. The predicted octanol–water partition coefficient (Wildman–Crippen LogP) is 0.296. The summed E-state index contributed by atoms with van der Waals surface area (Å²) >= 11 is 0. The molecule has 3 nitrogen and oxygen atoms in total. The fraction of sp³-hybridized carbons (Fsp3) is 0.600. The second-order valence-corrected chi connectivity index (χ2v) is 1.82. The summed E-state index contributed by atoms with van der Waals surface area (Å²) in [7, 11) is 0. The third kappa shape index (κ3) is 1.73. The molecule has 8 heavy (non-hydrogen) atoms. The zero-order chi connectivity index (χ0) is 6.73. The van der Waals surface area contributed by atoms with Gasteiger partial charge in [-0.1, -0.05) is 13.8 Å². The van der Waals surface area contributed by atoms with Crippen LogP contribution in [0, 0.1) is 5.92 Å². The Morgan fingerprint density at radius 3 is 1.75 bits per heavy atom. The minimum atomic E-state index is -1.35. The summed E-state index contributed by atoms with van der Waals surface area (Å²) in [6.45, 7) is 3.10. The molecular formula is C5H8O3. The molecule has 0 aromatic rings. The van der Waals surface area contributed by atoms with Crippen molar-refractivity contribution < 1.29 is 14.7 Å². The lowest BCUT2D eigenvalue weighted by Crippen LogP contribution is -2.18. The Labute approximate surface area is 47.3 Å². The Morgan fingerprint density at radius 1 is 1.38 bits per heavy atom. The molecule has 0 aromatic heterocycles. The second-order valence-electron chi connectivity index (χ2n) is 1.82. The van der Waals surface area contributed by atoms with Crippen molar-refractivity contribution in [3.8, 4) is 0 Å². The van der Waals surface area contributed by atoms with Gasteiger partial charge in [0.2, 0.25) is 5.78 Å². The van der Waals surface area contributed by atoms with Gasteiger partial charge in [0.25, 0.3) is 0 Å². The van der Waals surface area contributed by atoms with E-state index in [9.17, 15) is 9.59 Å². The van der Waals surface area contributed by atoms with Crippen molar-refractivity contribution in [1.29, 1.82) is 0 Å². The number of carbonyl (C=O) groups is 2. The van der Waals surface area contributed by atoms with Crippen LogP contribution in [0.4, 0.5) is 0 Å². The average Bonchev–Trinajstić information content (AvgIpc) is 1.64. The molecule has 0 radical (unpaired) electrons. The van der Waals surface area contributed by atoms with Crippen LogP contribution in [0.2, 0.25) is 0 Å². The van der Waals surface area contributed by atoms with Crippen molar-refractivity contribution in [2.24, 2.45) is 5.92 Å². The summed E-state index contributed by atoms with van der Waals surface area (Å²) in [5.74, 6) is -2.47. The largest absolute Gasteiger partial charge is 0.475 e. The summed E-state index contributed by atoms with van der Waals surface area (Å²) in [6.07, 6.45) is 0. The van der Waals surface area contributed by atoms with Gasteiger partial charge in [-0.15, -0.1) is 0 Å². The van der Waals surface area contributed by atoms with Crippen LogP contribution in [-0.2, 0) is 9.59 Å². The number of hydrogen-bond donors (Lipinski definition) is 1. The van der Waals surface area contributed by atoms with Crippen LogP contribution in [0.15, 0.2) is 0 Å². The van der Waals surface area contributed by atoms with Gasteiger partial charge in [0.05, 0.1) is 0 Å². The third-order valence-corrected chi connectivity index (χ3v) is 0.735. The van der Waals surface area contributed by atoms with E-state index in [4.69, 9.17) is 5.11 Å². The lowest BCUT2D eigenvalue weighted by Gasteiger charge is -1.93. The number of ketones is 1. The molecule has 0 bridgehead atoms. The highest BCUT2D eigenvalue weighted by atomic mass is 16.5. The fourth-order valence-corrected chi connectivity index (χ4v) is 0.247. The van der Waals surface area contributed by atoms with Gasteiger partial charge in [-0.25, -0.2) is 4.79 Å². The number of carboxylic acids is 1. The van der Waals surface area contributed by atoms with Gasteiger partial charge >= 0.3 is 5.97 Å². The zero-order valence-electron chi connectivity index (χ0n) is 4.84. The average molecular weight is 120 g/mol. The molecule has 0 aliphatic rings. The molecule has 0 fully saturated rings. The Balaban J connectivity index is 3.84. The Hall–Kier alpha value is -0.860. The van der Waals surface area contributed by atoms with E-state index in [1.54, 1.807) is 13.8 Å². The quantitative estimate of drug-likeness (QED) is 0.421. The summed E-state index contributed by atoms with van der Waals surface area (Å²) in [5.41, 5.74) is 0. The number of Topliss-reactive ketones (excluding diaryl/α,β-unsaturated/α-hetero) is 1. The molecule has 1 N–H and O–H groups in total. The van der Waals surface area contributed by atoms with E-state index in [1.165, 1.54) is 0 Å². The van der Waals surface area contributed by atoms with Gasteiger partial charge in [-0.05, 0) is 0 Å². The topological polar surface area (TPSA) is 54.4 Å². The first-order valence-electron chi connectivity index (χ1n) is 2.33. The highest BCUT2D eigenvalue weighted by molar-refractivity contribution is 6.33. The molecule has 0 heterocycles. The zero-order valence-corrected chi connectivity index (χ0v) is 4.84.